The first kappa shape index (κ1) is 15.6. The molecule has 0 spiro atoms. The molecule has 5 heteroatoms. The first-order chi connectivity index (χ1) is 9.47. The van der Waals surface area contributed by atoms with Gasteiger partial charge in [-0.2, -0.15) is 0 Å². The second-order valence-electron chi connectivity index (χ2n) is 4.72. The Morgan fingerprint density at radius 3 is 2.65 bits per heavy atom. The fourth-order valence-electron chi connectivity index (χ4n) is 1.80. The molecule has 0 saturated heterocycles. The molecule has 0 amide bonds. The molecule has 2 nitrogen and oxygen atoms in total. The highest BCUT2D eigenvalue weighted by Crippen LogP contribution is 2.30. The summed E-state index contributed by atoms with van der Waals surface area (Å²) in [6.07, 6.45) is 1.64. The number of hydrogen-bond donors (Lipinski definition) is 0. The van der Waals surface area contributed by atoms with Crippen molar-refractivity contribution in [3.8, 4) is 5.75 Å². The Balaban J connectivity index is 2.18. The zero-order valence-electron chi connectivity index (χ0n) is 11.2. The van der Waals surface area contributed by atoms with Crippen LogP contribution in [0.25, 0.3) is 0 Å². The second-order valence-corrected chi connectivity index (χ2v) is 6.43. The lowest BCUT2D eigenvalue weighted by Gasteiger charge is -2.15. The lowest BCUT2D eigenvalue weighted by molar-refractivity contribution is 0.301. The predicted octanol–water partition coefficient (Wildman–Crippen LogP) is 5.85. The van der Waals surface area contributed by atoms with Crippen LogP contribution in [0.15, 0.2) is 34.9 Å². The van der Waals surface area contributed by atoms with Crippen LogP contribution in [0.2, 0.25) is 10.2 Å². The van der Waals surface area contributed by atoms with Crippen LogP contribution in [-0.2, 0) is 6.61 Å². The monoisotopic (exact) mass is 373 g/mol. The fourth-order valence-corrected chi connectivity index (χ4v) is 2.60. The summed E-state index contributed by atoms with van der Waals surface area (Å²) in [6, 6.07) is 7.61. The van der Waals surface area contributed by atoms with Crippen molar-refractivity contribution in [3.05, 3.63) is 56.2 Å². The molecule has 0 aliphatic heterocycles. The van der Waals surface area contributed by atoms with E-state index in [1.54, 1.807) is 12.3 Å². The number of benzene rings is 1. The topological polar surface area (TPSA) is 22.1 Å². The maximum absolute atomic E-state index is 6.11. The molecule has 0 N–H and O–H groups in total. The van der Waals surface area contributed by atoms with Gasteiger partial charge in [-0.05, 0) is 35.7 Å². The van der Waals surface area contributed by atoms with Crippen molar-refractivity contribution in [3.63, 3.8) is 0 Å². The molecule has 0 aliphatic rings. The Bertz CT molecular complexity index is 617. The molecule has 20 heavy (non-hydrogen) atoms. The normalized spacial score (nSPS) is 10.9. The fraction of sp³-hybridized carbons (Fsp3) is 0.267. The Kier molecular flexibility index (Phi) is 5.30. The molecule has 0 fully saturated rings. The van der Waals surface area contributed by atoms with E-state index in [1.165, 1.54) is 0 Å². The van der Waals surface area contributed by atoms with Crippen LogP contribution >= 0.6 is 39.1 Å². The van der Waals surface area contributed by atoms with E-state index in [-0.39, 0.29) is 0 Å². The second kappa shape index (κ2) is 6.79. The zero-order valence-corrected chi connectivity index (χ0v) is 14.3. The summed E-state index contributed by atoms with van der Waals surface area (Å²) in [5.41, 5.74) is 1.96. The van der Waals surface area contributed by atoms with Crippen molar-refractivity contribution in [2.45, 2.75) is 26.4 Å². The number of rotatable bonds is 4. The van der Waals surface area contributed by atoms with Crippen LogP contribution in [-0.4, -0.2) is 4.98 Å². The van der Waals surface area contributed by atoms with Gasteiger partial charge in [-0.15, -0.1) is 0 Å². The average molecular weight is 375 g/mol. The number of nitrogens with zero attached hydrogens (tertiary/aromatic N) is 1. The molecule has 2 aromatic rings. The van der Waals surface area contributed by atoms with E-state index in [1.807, 2.05) is 12.1 Å². The van der Waals surface area contributed by atoms with Crippen LogP contribution in [0.4, 0.5) is 0 Å². The van der Waals surface area contributed by atoms with Gasteiger partial charge < -0.3 is 4.74 Å². The molecular formula is C15H14BrCl2NO. The molecule has 1 heterocycles. The molecule has 2 rings (SSSR count). The number of hydrogen-bond acceptors (Lipinski definition) is 2. The summed E-state index contributed by atoms with van der Waals surface area (Å²) in [7, 11) is 0. The maximum Gasteiger partial charge on any atom is 0.130 e. The van der Waals surface area contributed by atoms with Crippen molar-refractivity contribution in [2.24, 2.45) is 0 Å². The van der Waals surface area contributed by atoms with E-state index in [9.17, 15) is 0 Å². The minimum absolute atomic E-state index is 0.365. The third-order valence-corrected chi connectivity index (χ3v) is 3.93. The largest absolute Gasteiger partial charge is 0.488 e. The van der Waals surface area contributed by atoms with Crippen LogP contribution in [0.5, 0.6) is 5.75 Å². The summed E-state index contributed by atoms with van der Waals surface area (Å²) >= 11 is 15.4. The number of ether oxygens (including phenoxy) is 1. The first-order valence-electron chi connectivity index (χ1n) is 6.19. The van der Waals surface area contributed by atoms with Gasteiger partial charge in [0, 0.05) is 16.2 Å². The number of pyridine rings is 1. The first-order valence-corrected chi connectivity index (χ1v) is 7.74. The van der Waals surface area contributed by atoms with Gasteiger partial charge in [0.25, 0.3) is 0 Å². The van der Waals surface area contributed by atoms with Crippen molar-refractivity contribution >= 4 is 39.1 Å². The van der Waals surface area contributed by atoms with Crippen molar-refractivity contribution in [1.82, 2.24) is 4.98 Å². The number of aromatic nitrogens is 1. The molecule has 0 saturated carbocycles. The molecule has 0 radical (unpaired) electrons. The smallest absolute Gasteiger partial charge is 0.130 e. The molecule has 0 aliphatic carbocycles. The van der Waals surface area contributed by atoms with Crippen molar-refractivity contribution < 1.29 is 4.74 Å². The summed E-state index contributed by atoms with van der Waals surface area (Å²) < 4.78 is 6.91. The van der Waals surface area contributed by atoms with Crippen LogP contribution in [0.1, 0.15) is 30.9 Å². The molecular weight excluding hydrogens is 361 g/mol. The van der Waals surface area contributed by atoms with Crippen molar-refractivity contribution in [2.75, 3.05) is 0 Å². The average Bonchev–Trinajstić information content (AvgIpc) is 2.38. The van der Waals surface area contributed by atoms with Gasteiger partial charge >= 0.3 is 0 Å². The summed E-state index contributed by atoms with van der Waals surface area (Å²) in [5, 5.41) is 0.943. The Morgan fingerprint density at radius 2 is 2.00 bits per heavy atom. The van der Waals surface area contributed by atoms with Gasteiger partial charge in [-0.3, -0.25) is 0 Å². The molecule has 1 aromatic carbocycles. The molecule has 1 aromatic heterocycles. The SMILES string of the molecule is CC(C)c1cc(Br)ccc1OCc1cnc(Cl)cc1Cl. The highest BCUT2D eigenvalue weighted by Gasteiger charge is 2.10. The van der Waals surface area contributed by atoms with Gasteiger partial charge in [0.15, 0.2) is 0 Å². The van der Waals surface area contributed by atoms with Crippen LogP contribution in [0, 0.1) is 0 Å². The Labute approximate surface area is 137 Å². The quantitative estimate of drug-likeness (QED) is 0.626. The standard InChI is InChI=1S/C15H14BrCl2NO/c1-9(2)12-5-11(16)3-4-14(12)20-8-10-7-19-15(18)6-13(10)17/h3-7,9H,8H2,1-2H3. The van der Waals surface area contributed by atoms with E-state index in [2.05, 4.69) is 40.8 Å². The highest BCUT2D eigenvalue weighted by molar-refractivity contribution is 9.10. The molecule has 0 bridgehead atoms. The van der Waals surface area contributed by atoms with Crippen molar-refractivity contribution in [1.29, 1.82) is 0 Å². The van der Waals surface area contributed by atoms with E-state index in [0.717, 1.165) is 21.3 Å². The highest BCUT2D eigenvalue weighted by atomic mass is 79.9. The molecule has 0 unspecified atom stereocenters. The maximum atomic E-state index is 6.11. The number of halogens is 3. The van der Waals surface area contributed by atoms with E-state index >= 15 is 0 Å². The Hall–Kier alpha value is -0.770. The summed E-state index contributed by atoms with van der Waals surface area (Å²) in [4.78, 5) is 4.02. The van der Waals surface area contributed by atoms with Gasteiger partial charge in [-0.1, -0.05) is 53.0 Å². The summed E-state index contributed by atoms with van der Waals surface area (Å²) in [6.45, 7) is 4.63. The van der Waals surface area contributed by atoms with E-state index in [0.29, 0.717) is 22.7 Å². The minimum atomic E-state index is 0.365. The predicted molar refractivity (Wildman–Crippen MR) is 86.8 cm³/mol. The third kappa shape index (κ3) is 3.87. The lowest BCUT2D eigenvalue weighted by Crippen LogP contribution is -2.01. The minimum Gasteiger partial charge on any atom is -0.488 e. The van der Waals surface area contributed by atoms with Gasteiger partial charge in [0.2, 0.25) is 0 Å². The van der Waals surface area contributed by atoms with Crippen LogP contribution in [0.3, 0.4) is 0 Å². The van der Waals surface area contributed by atoms with Gasteiger partial charge in [-0.25, -0.2) is 4.98 Å². The van der Waals surface area contributed by atoms with Crippen LogP contribution < -0.4 is 4.74 Å². The van der Waals surface area contributed by atoms with Gasteiger partial charge in [0.05, 0.1) is 5.02 Å². The third-order valence-electron chi connectivity index (χ3n) is 2.87. The lowest BCUT2D eigenvalue weighted by atomic mass is 10.0. The molecule has 0 atom stereocenters. The summed E-state index contributed by atoms with van der Waals surface area (Å²) in [5.74, 6) is 1.23. The zero-order chi connectivity index (χ0) is 14.7. The van der Waals surface area contributed by atoms with Gasteiger partial charge in [0.1, 0.15) is 17.5 Å². The Morgan fingerprint density at radius 1 is 1.25 bits per heavy atom. The van der Waals surface area contributed by atoms with E-state index in [4.69, 9.17) is 27.9 Å². The molecule has 106 valence electrons. The van der Waals surface area contributed by atoms with E-state index < -0.39 is 0 Å².